The lowest BCUT2D eigenvalue weighted by molar-refractivity contribution is -0.135. The standard InChI is InChI=1S/C26H33N3O3/c1-19(2)21-5-4-6-24(15-21)29-18-22(16-25(29)30)26(31)27(3)17-20-7-9-23(10-8-20)28-11-13-32-14-12-28/h4-10,15,19,22H,11-14,16-18H2,1-3H3. The molecule has 0 aromatic heterocycles. The molecule has 2 amide bonds. The fraction of sp³-hybridized carbons (Fsp3) is 0.462. The van der Waals surface area contributed by atoms with E-state index in [1.54, 1.807) is 9.80 Å². The molecule has 0 radical (unpaired) electrons. The van der Waals surface area contributed by atoms with E-state index in [1.165, 1.54) is 11.3 Å². The van der Waals surface area contributed by atoms with Crippen molar-refractivity contribution in [3.63, 3.8) is 0 Å². The molecule has 0 aliphatic carbocycles. The first-order chi connectivity index (χ1) is 15.4. The number of nitrogens with zero attached hydrogens (tertiary/aromatic N) is 3. The molecule has 2 fully saturated rings. The maximum atomic E-state index is 13.1. The van der Waals surface area contributed by atoms with Crippen LogP contribution in [0.15, 0.2) is 48.5 Å². The van der Waals surface area contributed by atoms with Gasteiger partial charge in [-0.3, -0.25) is 9.59 Å². The molecular weight excluding hydrogens is 402 g/mol. The van der Waals surface area contributed by atoms with Crippen molar-refractivity contribution >= 4 is 23.2 Å². The Morgan fingerprint density at radius 1 is 1.09 bits per heavy atom. The Morgan fingerprint density at radius 3 is 2.50 bits per heavy atom. The summed E-state index contributed by atoms with van der Waals surface area (Å²) in [6.07, 6.45) is 0.269. The lowest BCUT2D eigenvalue weighted by atomic mass is 10.0. The first-order valence-electron chi connectivity index (χ1n) is 11.5. The summed E-state index contributed by atoms with van der Waals surface area (Å²) in [6, 6.07) is 16.5. The number of amides is 2. The van der Waals surface area contributed by atoms with Crippen molar-refractivity contribution in [3.05, 3.63) is 59.7 Å². The van der Waals surface area contributed by atoms with Gasteiger partial charge < -0.3 is 19.4 Å². The van der Waals surface area contributed by atoms with Crippen LogP contribution in [0.2, 0.25) is 0 Å². The van der Waals surface area contributed by atoms with Crippen LogP contribution in [-0.2, 0) is 20.9 Å². The van der Waals surface area contributed by atoms with Gasteiger partial charge in [0.15, 0.2) is 0 Å². The average Bonchev–Trinajstić information content (AvgIpc) is 3.21. The SMILES string of the molecule is CC(C)c1cccc(N2CC(C(=O)N(C)Cc3ccc(N4CCOCC4)cc3)CC2=O)c1. The van der Waals surface area contributed by atoms with Crippen LogP contribution >= 0.6 is 0 Å². The van der Waals surface area contributed by atoms with Crippen LogP contribution in [0.25, 0.3) is 0 Å². The van der Waals surface area contributed by atoms with Crippen molar-refractivity contribution in [1.82, 2.24) is 4.90 Å². The number of anilines is 2. The van der Waals surface area contributed by atoms with Gasteiger partial charge in [-0.05, 0) is 41.3 Å². The van der Waals surface area contributed by atoms with Gasteiger partial charge in [0.25, 0.3) is 0 Å². The second-order valence-electron chi connectivity index (χ2n) is 9.12. The summed E-state index contributed by atoms with van der Waals surface area (Å²) in [4.78, 5) is 31.6. The third-order valence-corrected chi connectivity index (χ3v) is 6.43. The first kappa shape index (κ1) is 22.3. The third kappa shape index (κ3) is 4.96. The lowest BCUT2D eigenvalue weighted by Gasteiger charge is -2.29. The number of hydrogen-bond donors (Lipinski definition) is 0. The minimum atomic E-state index is -0.303. The molecule has 2 aromatic rings. The quantitative estimate of drug-likeness (QED) is 0.695. The molecular formula is C26H33N3O3. The van der Waals surface area contributed by atoms with Crippen LogP contribution in [0.1, 0.15) is 37.3 Å². The van der Waals surface area contributed by atoms with E-state index in [0.717, 1.165) is 37.6 Å². The smallest absolute Gasteiger partial charge is 0.228 e. The number of rotatable bonds is 6. The van der Waals surface area contributed by atoms with Gasteiger partial charge in [-0.2, -0.15) is 0 Å². The van der Waals surface area contributed by atoms with Crippen LogP contribution in [0, 0.1) is 5.92 Å². The summed E-state index contributed by atoms with van der Waals surface area (Å²) < 4.78 is 5.42. The first-order valence-corrected chi connectivity index (χ1v) is 11.5. The Bertz CT molecular complexity index is 951. The zero-order valence-electron chi connectivity index (χ0n) is 19.3. The van der Waals surface area contributed by atoms with E-state index < -0.39 is 0 Å². The van der Waals surface area contributed by atoms with E-state index in [1.807, 2.05) is 19.2 Å². The monoisotopic (exact) mass is 435 g/mol. The average molecular weight is 436 g/mol. The van der Waals surface area contributed by atoms with Crippen LogP contribution in [0.3, 0.4) is 0 Å². The highest BCUT2D eigenvalue weighted by atomic mass is 16.5. The fourth-order valence-corrected chi connectivity index (χ4v) is 4.47. The van der Waals surface area contributed by atoms with Gasteiger partial charge >= 0.3 is 0 Å². The lowest BCUT2D eigenvalue weighted by Crippen LogP contribution is -2.36. The molecule has 2 heterocycles. The van der Waals surface area contributed by atoms with E-state index in [4.69, 9.17) is 4.74 Å². The van der Waals surface area contributed by atoms with Crippen molar-refractivity contribution in [1.29, 1.82) is 0 Å². The molecule has 170 valence electrons. The van der Waals surface area contributed by atoms with Crippen LogP contribution in [-0.4, -0.2) is 56.6 Å². The van der Waals surface area contributed by atoms with Gasteiger partial charge in [0.2, 0.25) is 11.8 Å². The number of carbonyl (C=O) groups is 2. The van der Waals surface area contributed by atoms with E-state index in [0.29, 0.717) is 19.0 Å². The van der Waals surface area contributed by atoms with E-state index >= 15 is 0 Å². The Balaban J connectivity index is 1.37. The van der Waals surface area contributed by atoms with Gasteiger partial charge in [0.05, 0.1) is 19.1 Å². The molecule has 2 aliphatic heterocycles. The molecule has 2 saturated heterocycles. The second-order valence-corrected chi connectivity index (χ2v) is 9.12. The number of benzene rings is 2. The maximum absolute atomic E-state index is 13.1. The highest BCUT2D eigenvalue weighted by molar-refractivity contribution is 6.00. The Hall–Kier alpha value is -2.86. The Labute approximate surface area is 190 Å². The zero-order chi connectivity index (χ0) is 22.7. The van der Waals surface area contributed by atoms with Gasteiger partial charge in [0, 0.05) is 51.0 Å². The van der Waals surface area contributed by atoms with Gasteiger partial charge in [-0.25, -0.2) is 0 Å². The molecule has 2 aliphatic rings. The number of ether oxygens (including phenoxy) is 1. The van der Waals surface area contributed by atoms with Crippen LogP contribution in [0.5, 0.6) is 0 Å². The molecule has 0 saturated carbocycles. The van der Waals surface area contributed by atoms with Crippen molar-refractivity contribution in [2.24, 2.45) is 5.92 Å². The molecule has 6 nitrogen and oxygen atoms in total. The van der Waals surface area contributed by atoms with Crippen LogP contribution < -0.4 is 9.80 Å². The molecule has 0 N–H and O–H groups in total. The molecule has 32 heavy (non-hydrogen) atoms. The number of carbonyl (C=O) groups excluding carboxylic acids is 2. The summed E-state index contributed by atoms with van der Waals surface area (Å²) in [5, 5.41) is 0. The summed E-state index contributed by atoms with van der Waals surface area (Å²) in [5.41, 5.74) is 4.36. The van der Waals surface area contributed by atoms with Crippen LogP contribution in [0.4, 0.5) is 11.4 Å². The molecule has 0 spiro atoms. The molecule has 2 aromatic carbocycles. The van der Waals surface area contributed by atoms with E-state index in [9.17, 15) is 9.59 Å². The van der Waals surface area contributed by atoms with Gasteiger partial charge in [-0.15, -0.1) is 0 Å². The maximum Gasteiger partial charge on any atom is 0.228 e. The second kappa shape index (κ2) is 9.74. The third-order valence-electron chi connectivity index (χ3n) is 6.43. The van der Waals surface area contributed by atoms with Crippen molar-refractivity contribution in [2.75, 3.05) is 49.7 Å². The molecule has 1 unspecified atom stereocenters. The fourth-order valence-electron chi connectivity index (χ4n) is 4.47. The highest BCUT2D eigenvalue weighted by Gasteiger charge is 2.36. The Kier molecular flexibility index (Phi) is 6.80. The van der Waals surface area contributed by atoms with Gasteiger partial charge in [0.1, 0.15) is 0 Å². The highest BCUT2D eigenvalue weighted by Crippen LogP contribution is 2.29. The number of hydrogen-bond acceptors (Lipinski definition) is 4. The summed E-state index contributed by atoms with van der Waals surface area (Å²) >= 11 is 0. The minimum Gasteiger partial charge on any atom is -0.378 e. The van der Waals surface area contributed by atoms with Gasteiger partial charge in [-0.1, -0.05) is 38.1 Å². The van der Waals surface area contributed by atoms with E-state index in [2.05, 4.69) is 55.1 Å². The summed E-state index contributed by atoms with van der Waals surface area (Å²) in [6.45, 7) is 8.60. The molecule has 6 heteroatoms. The minimum absolute atomic E-state index is 0.0209. The van der Waals surface area contributed by atoms with Crippen molar-refractivity contribution in [3.8, 4) is 0 Å². The van der Waals surface area contributed by atoms with Crippen molar-refractivity contribution < 1.29 is 14.3 Å². The topological polar surface area (TPSA) is 53.1 Å². The largest absolute Gasteiger partial charge is 0.378 e. The van der Waals surface area contributed by atoms with Crippen molar-refractivity contribution in [2.45, 2.75) is 32.7 Å². The molecule has 1 atom stereocenters. The Morgan fingerprint density at radius 2 is 1.81 bits per heavy atom. The summed E-state index contributed by atoms with van der Waals surface area (Å²) in [7, 11) is 1.82. The van der Waals surface area contributed by atoms with E-state index in [-0.39, 0.29) is 24.2 Å². The zero-order valence-corrected chi connectivity index (χ0v) is 19.3. The summed E-state index contributed by atoms with van der Waals surface area (Å²) in [5.74, 6) is 0.138. The predicted molar refractivity (Wildman–Crippen MR) is 127 cm³/mol. The molecule has 4 rings (SSSR count). The number of morpholine rings is 1. The molecule has 0 bridgehead atoms. The normalized spacial score (nSPS) is 19.0. The predicted octanol–water partition coefficient (Wildman–Crippen LogP) is 3.66.